The number of carboxylic acid groups (broad SMARTS) is 1. The zero-order valence-electron chi connectivity index (χ0n) is 11.7. The summed E-state index contributed by atoms with van der Waals surface area (Å²) >= 11 is 0. The van der Waals surface area contributed by atoms with E-state index in [4.69, 9.17) is 5.11 Å². The molecule has 5 heteroatoms. The molecule has 0 aromatic heterocycles. The maximum absolute atomic E-state index is 13.3. The second-order valence-electron chi connectivity index (χ2n) is 5.33. The Kier molecular flexibility index (Phi) is 5.09. The highest BCUT2D eigenvalue weighted by Crippen LogP contribution is 2.16. The van der Waals surface area contributed by atoms with Crippen molar-refractivity contribution in [2.24, 2.45) is 0 Å². The Bertz CT molecular complexity index is 473. The molecule has 1 atom stereocenters. The summed E-state index contributed by atoms with van der Waals surface area (Å²) in [6.45, 7) is 5.23. The van der Waals surface area contributed by atoms with Crippen LogP contribution in [0.1, 0.15) is 17.5 Å². The summed E-state index contributed by atoms with van der Waals surface area (Å²) in [4.78, 5) is 13.3. The van der Waals surface area contributed by atoms with Crippen LogP contribution in [0.2, 0.25) is 0 Å². The normalized spacial score (nSPS) is 17.9. The lowest BCUT2D eigenvalue weighted by Crippen LogP contribution is -2.49. The van der Waals surface area contributed by atoms with Crippen LogP contribution >= 0.6 is 0 Å². The Morgan fingerprint density at radius 2 is 2.15 bits per heavy atom. The van der Waals surface area contributed by atoms with E-state index in [2.05, 4.69) is 10.2 Å². The Hall–Kier alpha value is -1.46. The van der Waals surface area contributed by atoms with Crippen molar-refractivity contribution < 1.29 is 14.3 Å². The molecule has 0 saturated carbocycles. The molecule has 4 nitrogen and oxygen atoms in total. The molecule has 2 N–H and O–H groups in total. The molecule has 110 valence electrons. The van der Waals surface area contributed by atoms with Crippen molar-refractivity contribution >= 4 is 5.97 Å². The van der Waals surface area contributed by atoms with Crippen molar-refractivity contribution in [2.75, 3.05) is 26.2 Å². The van der Waals surface area contributed by atoms with Crippen molar-refractivity contribution in [1.82, 2.24) is 10.2 Å². The summed E-state index contributed by atoms with van der Waals surface area (Å²) in [5, 5.41) is 12.4. The summed E-state index contributed by atoms with van der Waals surface area (Å²) in [5.41, 5.74) is 1.60. The maximum Gasteiger partial charge on any atom is 0.304 e. The molecule has 1 aromatic carbocycles. The number of carbonyl (C=O) groups is 1. The fourth-order valence-electron chi connectivity index (χ4n) is 2.69. The first-order valence-electron chi connectivity index (χ1n) is 6.98. The van der Waals surface area contributed by atoms with Gasteiger partial charge in [0.1, 0.15) is 5.82 Å². The number of benzene rings is 1. The van der Waals surface area contributed by atoms with E-state index in [9.17, 15) is 9.18 Å². The first-order chi connectivity index (χ1) is 9.56. The number of rotatable bonds is 5. The van der Waals surface area contributed by atoms with Crippen LogP contribution in [0.4, 0.5) is 4.39 Å². The Morgan fingerprint density at radius 1 is 1.45 bits per heavy atom. The van der Waals surface area contributed by atoms with Gasteiger partial charge in [-0.3, -0.25) is 9.69 Å². The SMILES string of the molecule is Cc1cc(CC(CC(=O)O)N2CCNCC2)ccc1F. The second-order valence-corrected chi connectivity index (χ2v) is 5.33. The predicted octanol–water partition coefficient (Wildman–Crippen LogP) is 1.43. The van der Waals surface area contributed by atoms with E-state index < -0.39 is 5.97 Å². The molecule has 1 aliphatic heterocycles. The molecule has 0 spiro atoms. The highest BCUT2D eigenvalue weighted by molar-refractivity contribution is 5.67. The molecule has 0 radical (unpaired) electrons. The lowest BCUT2D eigenvalue weighted by atomic mass is 9.99. The topological polar surface area (TPSA) is 52.6 Å². The summed E-state index contributed by atoms with van der Waals surface area (Å²) in [6.07, 6.45) is 0.768. The number of piperazine rings is 1. The van der Waals surface area contributed by atoms with Crippen molar-refractivity contribution in [2.45, 2.75) is 25.8 Å². The van der Waals surface area contributed by atoms with Crippen LogP contribution in [0.3, 0.4) is 0 Å². The number of nitrogens with zero attached hydrogens (tertiary/aromatic N) is 1. The molecule has 0 aliphatic carbocycles. The van der Waals surface area contributed by atoms with Gasteiger partial charge in [0, 0.05) is 32.2 Å². The fraction of sp³-hybridized carbons (Fsp3) is 0.533. The van der Waals surface area contributed by atoms with Gasteiger partial charge in [-0.1, -0.05) is 12.1 Å². The summed E-state index contributed by atoms with van der Waals surface area (Å²) in [7, 11) is 0. The fourth-order valence-corrected chi connectivity index (χ4v) is 2.69. The minimum absolute atomic E-state index is 0.0283. The molecule has 1 aliphatic rings. The molecular weight excluding hydrogens is 259 g/mol. The third-order valence-corrected chi connectivity index (χ3v) is 3.77. The Morgan fingerprint density at radius 3 is 2.75 bits per heavy atom. The monoisotopic (exact) mass is 280 g/mol. The quantitative estimate of drug-likeness (QED) is 0.856. The van der Waals surface area contributed by atoms with E-state index in [1.807, 2.05) is 6.07 Å². The zero-order valence-corrected chi connectivity index (χ0v) is 11.7. The smallest absolute Gasteiger partial charge is 0.304 e. The van der Waals surface area contributed by atoms with Gasteiger partial charge in [0.2, 0.25) is 0 Å². The molecule has 1 aromatic rings. The zero-order chi connectivity index (χ0) is 14.5. The van der Waals surface area contributed by atoms with E-state index in [-0.39, 0.29) is 18.3 Å². The second kappa shape index (κ2) is 6.81. The molecule has 20 heavy (non-hydrogen) atoms. The molecular formula is C15H21FN2O2. The summed E-state index contributed by atoms with van der Waals surface area (Å²) in [6, 6.07) is 4.99. The van der Waals surface area contributed by atoms with E-state index in [0.29, 0.717) is 12.0 Å². The molecule has 1 saturated heterocycles. The largest absolute Gasteiger partial charge is 0.481 e. The lowest BCUT2D eigenvalue weighted by Gasteiger charge is -2.34. The average molecular weight is 280 g/mol. The molecule has 0 amide bonds. The molecule has 1 unspecified atom stereocenters. The van der Waals surface area contributed by atoms with Gasteiger partial charge in [-0.25, -0.2) is 4.39 Å². The Labute approximate surface area is 118 Å². The number of halogens is 1. The highest BCUT2D eigenvalue weighted by Gasteiger charge is 2.23. The van der Waals surface area contributed by atoms with Crippen LogP contribution in [0.15, 0.2) is 18.2 Å². The highest BCUT2D eigenvalue weighted by atomic mass is 19.1. The van der Waals surface area contributed by atoms with Crippen molar-refractivity contribution in [3.8, 4) is 0 Å². The number of hydrogen-bond acceptors (Lipinski definition) is 3. The number of hydrogen-bond donors (Lipinski definition) is 2. The number of aliphatic carboxylic acids is 1. The van der Waals surface area contributed by atoms with Crippen LogP contribution < -0.4 is 5.32 Å². The minimum atomic E-state index is -0.785. The molecule has 1 heterocycles. The van der Waals surface area contributed by atoms with E-state index >= 15 is 0 Å². The number of nitrogens with one attached hydrogen (secondary N) is 1. The predicted molar refractivity (Wildman–Crippen MR) is 75.3 cm³/mol. The van der Waals surface area contributed by atoms with Gasteiger partial charge in [-0.2, -0.15) is 0 Å². The van der Waals surface area contributed by atoms with Gasteiger partial charge in [0.25, 0.3) is 0 Å². The van der Waals surface area contributed by atoms with Crippen LogP contribution in [0.5, 0.6) is 0 Å². The van der Waals surface area contributed by atoms with Crippen LogP contribution in [0, 0.1) is 12.7 Å². The maximum atomic E-state index is 13.3. The van der Waals surface area contributed by atoms with Gasteiger partial charge in [0.15, 0.2) is 0 Å². The molecule has 2 rings (SSSR count). The molecule has 1 fully saturated rings. The lowest BCUT2D eigenvalue weighted by molar-refractivity contribution is -0.138. The summed E-state index contributed by atoms with van der Waals surface area (Å²) < 4.78 is 13.3. The third-order valence-electron chi connectivity index (χ3n) is 3.77. The minimum Gasteiger partial charge on any atom is -0.481 e. The van der Waals surface area contributed by atoms with Gasteiger partial charge in [-0.05, 0) is 30.5 Å². The number of aryl methyl sites for hydroxylation is 1. The van der Waals surface area contributed by atoms with Gasteiger partial charge in [0.05, 0.1) is 6.42 Å². The average Bonchev–Trinajstić information content (AvgIpc) is 2.43. The van der Waals surface area contributed by atoms with Crippen molar-refractivity contribution in [3.05, 3.63) is 35.1 Å². The van der Waals surface area contributed by atoms with E-state index in [1.165, 1.54) is 6.07 Å². The summed E-state index contributed by atoms with van der Waals surface area (Å²) in [5.74, 6) is -1.00. The van der Waals surface area contributed by atoms with Crippen molar-refractivity contribution in [3.63, 3.8) is 0 Å². The first-order valence-corrected chi connectivity index (χ1v) is 6.98. The van der Waals surface area contributed by atoms with E-state index in [1.54, 1.807) is 13.0 Å². The first kappa shape index (κ1) is 14.9. The van der Waals surface area contributed by atoms with Gasteiger partial charge in [-0.15, -0.1) is 0 Å². The van der Waals surface area contributed by atoms with Crippen LogP contribution in [-0.2, 0) is 11.2 Å². The third kappa shape index (κ3) is 4.02. The van der Waals surface area contributed by atoms with Gasteiger partial charge >= 0.3 is 5.97 Å². The van der Waals surface area contributed by atoms with Crippen LogP contribution in [0.25, 0.3) is 0 Å². The molecule has 0 bridgehead atoms. The van der Waals surface area contributed by atoms with E-state index in [0.717, 1.165) is 31.7 Å². The van der Waals surface area contributed by atoms with Crippen LogP contribution in [-0.4, -0.2) is 48.2 Å². The van der Waals surface area contributed by atoms with Gasteiger partial charge < -0.3 is 10.4 Å². The van der Waals surface area contributed by atoms with Crippen molar-refractivity contribution in [1.29, 1.82) is 0 Å². The number of carboxylic acids is 1. The Balaban J connectivity index is 2.09. The standard InChI is InChI=1S/C15H21FN2O2/c1-11-8-12(2-3-14(11)16)9-13(10-15(19)20)18-6-4-17-5-7-18/h2-3,8,13,17H,4-7,9-10H2,1H3,(H,19,20).